The number of nitrogens with two attached hydrogens (primary N) is 1. The van der Waals surface area contributed by atoms with Crippen LogP contribution in [0.1, 0.15) is 10.7 Å². The van der Waals surface area contributed by atoms with Gasteiger partial charge in [0, 0.05) is 11.9 Å². The lowest BCUT2D eigenvalue weighted by Gasteiger charge is -1.99. The number of aromatic nitrogens is 3. The van der Waals surface area contributed by atoms with Gasteiger partial charge in [-0.3, -0.25) is 0 Å². The van der Waals surface area contributed by atoms with Gasteiger partial charge in [-0.25, -0.2) is 0 Å². The molecular formula is C9H12N4S. The van der Waals surface area contributed by atoms with E-state index in [-0.39, 0.29) is 0 Å². The summed E-state index contributed by atoms with van der Waals surface area (Å²) in [6.07, 6.45) is 0. The zero-order valence-corrected chi connectivity index (χ0v) is 9.22. The number of hydrogen-bond donors (Lipinski definition) is 1. The van der Waals surface area contributed by atoms with Crippen LogP contribution in [0.4, 0.5) is 5.00 Å². The smallest absolute Gasteiger partial charge is 0.166 e. The van der Waals surface area contributed by atoms with Gasteiger partial charge in [0.05, 0.1) is 10.6 Å². The largest absolute Gasteiger partial charge is 0.390 e. The normalized spacial score (nSPS) is 10.8. The Balaban J connectivity index is 2.59. The molecule has 0 amide bonds. The average Bonchev–Trinajstić information content (AvgIpc) is 2.59. The van der Waals surface area contributed by atoms with Crippen molar-refractivity contribution in [2.45, 2.75) is 13.8 Å². The van der Waals surface area contributed by atoms with Gasteiger partial charge in [0.25, 0.3) is 0 Å². The molecule has 0 fully saturated rings. The second-order valence-electron chi connectivity index (χ2n) is 3.26. The number of nitrogen functional groups attached to an aromatic ring is 1. The van der Waals surface area contributed by atoms with E-state index >= 15 is 0 Å². The van der Waals surface area contributed by atoms with E-state index in [0.717, 1.165) is 22.2 Å². The van der Waals surface area contributed by atoms with E-state index in [9.17, 15) is 0 Å². The Kier molecular flexibility index (Phi) is 2.03. The van der Waals surface area contributed by atoms with Gasteiger partial charge in [0.1, 0.15) is 5.82 Å². The van der Waals surface area contributed by atoms with Gasteiger partial charge in [-0.2, -0.15) is 0 Å². The predicted octanol–water partition coefficient (Wildman–Crippen LogP) is 1.74. The molecule has 0 atom stereocenters. The van der Waals surface area contributed by atoms with E-state index in [2.05, 4.69) is 10.2 Å². The first-order valence-corrected chi connectivity index (χ1v) is 5.13. The highest BCUT2D eigenvalue weighted by Crippen LogP contribution is 2.32. The van der Waals surface area contributed by atoms with E-state index in [1.165, 1.54) is 4.88 Å². The summed E-state index contributed by atoms with van der Waals surface area (Å²) in [5.74, 6) is 1.73. The summed E-state index contributed by atoms with van der Waals surface area (Å²) in [6.45, 7) is 3.96. The number of hydrogen-bond acceptors (Lipinski definition) is 4. The maximum atomic E-state index is 5.89. The zero-order valence-electron chi connectivity index (χ0n) is 8.40. The van der Waals surface area contributed by atoms with Crippen LogP contribution in [0, 0.1) is 13.8 Å². The summed E-state index contributed by atoms with van der Waals surface area (Å²) >= 11 is 1.58. The quantitative estimate of drug-likeness (QED) is 0.776. The van der Waals surface area contributed by atoms with Gasteiger partial charge in [-0.1, -0.05) is 0 Å². The van der Waals surface area contributed by atoms with Gasteiger partial charge in [-0.15, -0.1) is 21.5 Å². The van der Waals surface area contributed by atoms with Crippen LogP contribution in [-0.2, 0) is 7.05 Å². The van der Waals surface area contributed by atoms with Crippen LogP contribution in [0.15, 0.2) is 6.07 Å². The van der Waals surface area contributed by atoms with E-state index in [1.54, 1.807) is 11.3 Å². The van der Waals surface area contributed by atoms with E-state index in [4.69, 9.17) is 5.73 Å². The van der Waals surface area contributed by atoms with Crippen molar-refractivity contribution in [3.05, 3.63) is 16.8 Å². The Hall–Kier alpha value is -1.36. The van der Waals surface area contributed by atoms with E-state index < -0.39 is 0 Å². The molecule has 0 aromatic carbocycles. The van der Waals surface area contributed by atoms with Gasteiger partial charge in [0.2, 0.25) is 0 Å². The zero-order chi connectivity index (χ0) is 10.3. The monoisotopic (exact) mass is 208 g/mol. The second-order valence-corrected chi connectivity index (χ2v) is 4.55. The minimum atomic E-state index is 0.804. The van der Waals surface area contributed by atoms with E-state index in [0.29, 0.717) is 0 Å². The highest BCUT2D eigenvalue weighted by Gasteiger charge is 2.12. The molecule has 2 aromatic heterocycles. The van der Waals surface area contributed by atoms with Crippen molar-refractivity contribution in [1.82, 2.24) is 14.8 Å². The molecule has 0 aliphatic rings. The second kappa shape index (κ2) is 3.09. The minimum absolute atomic E-state index is 0.804. The Morgan fingerprint density at radius 2 is 2.07 bits per heavy atom. The third-order valence-electron chi connectivity index (χ3n) is 2.22. The lowest BCUT2D eigenvalue weighted by molar-refractivity contribution is 0.865. The molecule has 0 unspecified atom stereocenters. The number of rotatable bonds is 1. The topological polar surface area (TPSA) is 56.7 Å². The first kappa shape index (κ1) is 9.21. The summed E-state index contributed by atoms with van der Waals surface area (Å²) in [5, 5.41) is 8.91. The molecule has 2 rings (SSSR count). The highest BCUT2D eigenvalue weighted by molar-refractivity contribution is 7.16. The fourth-order valence-electron chi connectivity index (χ4n) is 1.35. The summed E-state index contributed by atoms with van der Waals surface area (Å²) in [6, 6.07) is 2.05. The lowest BCUT2D eigenvalue weighted by Crippen LogP contribution is -1.95. The van der Waals surface area contributed by atoms with Gasteiger partial charge < -0.3 is 10.3 Å². The molecule has 0 aliphatic carbocycles. The van der Waals surface area contributed by atoms with Crippen molar-refractivity contribution in [3.8, 4) is 11.4 Å². The van der Waals surface area contributed by atoms with Crippen molar-refractivity contribution in [1.29, 1.82) is 0 Å². The van der Waals surface area contributed by atoms with Crippen LogP contribution in [-0.4, -0.2) is 14.8 Å². The number of thiophene rings is 1. The molecule has 0 aliphatic heterocycles. The number of aryl methyl sites for hydroxylation is 2. The third kappa shape index (κ3) is 1.29. The SMILES string of the molecule is Cc1cc(-c2nnc(C)n2C)c(N)s1. The van der Waals surface area contributed by atoms with Gasteiger partial charge in [-0.05, 0) is 19.9 Å². The van der Waals surface area contributed by atoms with Crippen molar-refractivity contribution in [2.24, 2.45) is 7.05 Å². The van der Waals surface area contributed by atoms with Crippen LogP contribution in [0.5, 0.6) is 0 Å². The fraction of sp³-hybridized carbons (Fsp3) is 0.333. The number of nitrogens with zero attached hydrogens (tertiary/aromatic N) is 3. The molecule has 0 radical (unpaired) electrons. The molecule has 0 saturated heterocycles. The highest BCUT2D eigenvalue weighted by atomic mass is 32.1. The standard InChI is InChI=1S/C9H12N4S/c1-5-4-7(8(10)14-5)9-12-11-6(2)13(9)3/h4H,10H2,1-3H3. The minimum Gasteiger partial charge on any atom is -0.390 e. The summed E-state index contributed by atoms with van der Waals surface area (Å²) in [7, 11) is 1.94. The molecule has 5 heteroatoms. The fourth-order valence-corrected chi connectivity index (χ4v) is 2.13. The Labute approximate surface area is 86.4 Å². The third-order valence-corrected chi connectivity index (χ3v) is 3.10. The maximum Gasteiger partial charge on any atom is 0.166 e. The molecule has 0 bridgehead atoms. The molecule has 2 aromatic rings. The molecule has 4 nitrogen and oxygen atoms in total. The molecule has 0 saturated carbocycles. The Bertz CT molecular complexity index is 469. The van der Waals surface area contributed by atoms with Crippen LogP contribution < -0.4 is 5.73 Å². The van der Waals surface area contributed by atoms with Crippen molar-refractivity contribution >= 4 is 16.3 Å². The Morgan fingerprint density at radius 3 is 2.50 bits per heavy atom. The Morgan fingerprint density at radius 1 is 1.36 bits per heavy atom. The van der Waals surface area contributed by atoms with Crippen LogP contribution >= 0.6 is 11.3 Å². The summed E-state index contributed by atoms with van der Waals surface area (Å²) in [4.78, 5) is 1.19. The molecular weight excluding hydrogens is 196 g/mol. The predicted molar refractivity (Wildman–Crippen MR) is 58.2 cm³/mol. The first-order valence-electron chi connectivity index (χ1n) is 4.32. The number of anilines is 1. The van der Waals surface area contributed by atoms with Crippen LogP contribution in [0.25, 0.3) is 11.4 Å². The maximum absolute atomic E-state index is 5.89. The molecule has 14 heavy (non-hydrogen) atoms. The van der Waals surface area contributed by atoms with Crippen molar-refractivity contribution in [3.63, 3.8) is 0 Å². The van der Waals surface area contributed by atoms with Crippen LogP contribution in [0.3, 0.4) is 0 Å². The molecule has 0 spiro atoms. The lowest BCUT2D eigenvalue weighted by atomic mass is 10.3. The molecule has 2 N–H and O–H groups in total. The summed E-state index contributed by atoms with van der Waals surface area (Å²) < 4.78 is 1.94. The molecule has 2 heterocycles. The first-order chi connectivity index (χ1) is 6.59. The van der Waals surface area contributed by atoms with Crippen molar-refractivity contribution < 1.29 is 0 Å². The van der Waals surface area contributed by atoms with Gasteiger partial charge in [0.15, 0.2) is 5.82 Å². The van der Waals surface area contributed by atoms with E-state index in [1.807, 2.05) is 31.5 Å². The van der Waals surface area contributed by atoms with Crippen molar-refractivity contribution in [2.75, 3.05) is 5.73 Å². The summed E-state index contributed by atoms with van der Waals surface area (Å²) in [5.41, 5.74) is 6.87. The average molecular weight is 208 g/mol. The van der Waals surface area contributed by atoms with Crippen LogP contribution in [0.2, 0.25) is 0 Å². The van der Waals surface area contributed by atoms with Gasteiger partial charge >= 0.3 is 0 Å². The molecule has 74 valence electrons.